The summed E-state index contributed by atoms with van der Waals surface area (Å²) in [6.45, 7) is 6.40. The number of nitrogens with two attached hydrogens (primary N) is 1. The summed E-state index contributed by atoms with van der Waals surface area (Å²) in [7, 11) is 2.06. The molecular weight excluding hydrogens is 264 g/mol. The van der Waals surface area contributed by atoms with Crippen LogP contribution in [0.3, 0.4) is 0 Å². The van der Waals surface area contributed by atoms with E-state index in [2.05, 4.69) is 29.5 Å². The molecule has 5 nitrogen and oxygen atoms in total. The van der Waals surface area contributed by atoms with E-state index in [9.17, 15) is 0 Å². The monoisotopic (exact) mass is 290 g/mol. The molecule has 2 aromatic heterocycles. The van der Waals surface area contributed by atoms with Gasteiger partial charge in [0.1, 0.15) is 5.65 Å². The average molecular weight is 290 g/mol. The molecule has 0 saturated carbocycles. The topological polar surface area (TPSA) is 55.8 Å². The van der Waals surface area contributed by atoms with Gasteiger partial charge in [-0.05, 0) is 25.5 Å². The van der Waals surface area contributed by atoms with Crippen molar-refractivity contribution in [1.82, 2.24) is 9.38 Å². The van der Waals surface area contributed by atoms with Crippen LogP contribution < -0.4 is 10.6 Å². The van der Waals surface area contributed by atoms with Crippen LogP contribution in [0.1, 0.15) is 26.0 Å². The third-order valence-electron chi connectivity index (χ3n) is 3.72. The zero-order chi connectivity index (χ0) is 15.2. The Labute approximate surface area is 126 Å². The summed E-state index contributed by atoms with van der Waals surface area (Å²) in [6, 6.07) is 6.22. The molecule has 0 saturated heterocycles. The molecule has 2 N–H and O–H groups in total. The Morgan fingerprint density at radius 1 is 1.38 bits per heavy atom. The first kappa shape index (κ1) is 15.8. The van der Waals surface area contributed by atoms with Crippen LogP contribution in [0.15, 0.2) is 24.4 Å². The van der Waals surface area contributed by atoms with Gasteiger partial charge in [-0.2, -0.15) is 0 Å². The second kappa shape index (κ2) is 7.43. The highest BCUT2D eigenvalue weighted by molar-refractivity contribution is 5.55. The number of hydrogen-bond acceptors (Lipinski definition) is 4. The molecule has 0 radical (unpaired) electrons. The lowest BCUT2D eigenvalue weighted by molar-refractivity contribution is 0.154. The second-order valence-electron chi connectivity index (χ2n) is 5.30. The second-order valence-corrected chi connectivity index (χ2v) is 5.30. The van der Waals surface area contributed by atoms with Gasteiger partial charge in [0.2, 0.25) is 0 Å². The van der Waals surface area contributed by atoms with Crippen LogP contribution in [-0.4, -0.2) is 42.2 Å². The summed E-state index contributed by atoms with van der Waals surface area (Å²) in [4.78, 5) is 6.91. The van der Waals surface area contributed by atoms with Crippen molar-refractivity contribution < 1.29 is 4.74 Å². The Bertz CT molecular complexity index is 566. The van der Waals surface area contributed by atoms with Crippen LogP contribution in [0.5, 0.6) is 0 Å². The zero-order valence-corrected chi connectivity index (χ0v) is 13.2. The Morgan fingerprint density at radius 3 is 2.90 bits per heavy atom. The molecule has 0 aliphatic carbocycles. The van der Waals surface area contributed by atoms with Crippen molar-refractivity contribution in [3.63, 3.8) is 0 Å². The van der Waals surface area contributed by atoms with E-state index in [4.69, 9.17) is 15.5 Å². The average Bonchev–Trinajstić information content (AvgIpc) is 2.86. The van der Waals surface area contributed by atoms with E-state index in [0.29, 0.717) is 6.61 Å². The Kier molecular flexibility index (Phi) is 5.59. The maximum atomic E-state index is 6.16. The Morgan fingerprint density at radius 2 is 2.19 bits per heavy atom. The molecule has 1 atom stereocenters. The SMILES string of the molecule is CCOCCN(C)c1nc2ccccn2c1CC(N)CC. The van der Waals surface area contributed by atoms with Crippen molar-refractivity contribution in [1.29, 1.82) is 0 Å². The van der Waals surface area contributed by atoms with Gasteiger partial charge >= 0.3 is 0 Å². The summed E-state index contributed by atoms with van der Waals surface area (Å²) in [5.74, 6) is 1.00. The maximum absolute atomic E-state index is 6.16. The van der Waals surface area contributed by atoms with Crippen LogP contribution in [-0.2, 0) is 11.2 Å². The lowest BCUT2D eigenvalue weighted by Crippen LogP contribution is -2.27. The van der Waals surface area contributed by atoms with Crippen LogP contribution in [0.2, 0.25) is 0 Å². The van der Waals surface area contributed by atoms with E-state index in [1.165, 1.54) is 5.69 Å². The number of nitrogens with zero attached hydrogens (tertiary/aromatic N) is 3. The fraction of sp³-hybridized carbons (Fsp3) is 0.562. The Balaban J connectivity index is 2.29. The summed E-state index contributed by atoms with van der Waals surface area (Å²) in [6.07, 6.45) is 3.85. The van der Waals surface area contributed by atoms with E-state index in [0.717, 1.165) is 37.5 Å². The lowest BCUT2D eigenvalue weighted by Gasteiger charge is -2.19. The highest BCUT2D eigenvalue weighted by Crippen LogP contribution is 2.22. The normalized spacial score (nSPS) is 12.8. The van der Waals surface area contributed by atoms with Crippen LogP contribution in [0.25, 0.3) is 5.65 Å². The van der Waals surface area contributed by atoms with Crippen molar-refractivity contribution in [2.75, 3.05) is 31.7 Å². The molecule has 0 fully saturated rings. The van der Waals surface area contributed by atoms with Crippen LogP contribution >= 0.6 is 0 Å². The summed E-state index contributed by atoms with van der Waals surface area (Å²) >= 11 is 0. The molecule has 1 unspecified atom stereocenters. The fourth-order valence-electron chi connectivity index (χ4n) is 2.37. The minimum Gasteiger partial charge on any atom is -0.380 e. The van der Waals surface area contributed by atoms with Crippen molar-refractivity contribution in [3.05, 3.63) is 30.1 Å². The zero-order valence-electron chi connectivity index (χ0n) is 13.2. The predicted molar refractivity (Wildman–Crippen MR) is 86.9 cm³/mol. The molecule has 5 heteroatoms. The Hall–Kier alpha value is -1.59. The van der Waals surface area contributed by atoms with Gasteiger partial charge in [-0.25, -0.2) is 4.98 Å². The number of likely N-dealkylation sites (N-methyl/N-ethyl adjacent to an activating group) is 1. The number of fused-ring (bicyclic) bond motifs is 1. The van der Waals surface area contributed by atoms with E-state index in [1.54, 1.807) is 0 Å². The quantitative estimate of drug-likeness (QED) is 0.756. The molecular formula is C16H26N4O. The van der Waals surface area contributed by atoms with E-state index >= 15 is 0 Å². The standard InChI is InChI=1S/C16H26N4O/c1-4-13(17)12-14-16(19(3)10-11-21-5-2)18-15-8-6-7-9-20(14)15/h6-9,13H,4-5,10-12,17H2,1-3H3. The van der Waals surface area contributed by atoms with Gasteiger partial charge in [0.15, 0.2) is 5.82 Å². The lowest BCUT2D eigenvalue weighted by atomic mass is 10.1. The highest BCUT2D eigenvalue weighted by Gasteiger charge is 2.17. The van der Waals surface area contributed by atoms with Gasteiger partial charge < -0.3 is 19.8 Å². The van der Waals surface area contributed by atoms with Crippen molar-refractivity contribution in [3.8, 4) is 0 Å². The largest absolute Gasteiger partial charge is 0.380 e. The van der Waals surface area contributed by atoms with Crippen LogP contribution in [0, 0.1) is 0 Å². The van der Waals surface area contributed by atoms with Gasteiger partial charge in [0.05, 0.1) is 12.3 Å². The summed E-state index contributed by atoms with van der Waals surface area (Å²) in [5, 5.41) is 0. The molecule has 0 bridgehead atoms. The number of hydrogen-bond donors (Lipinski definition) is 1. The molecule has 2 aromatic rings. The predicted octanol–water partition coefficient (Wildman–Crippen LogP) is 2.09. The van der Waals surface area contributed by atoms with E-state index in [-0.39, 0.29) is 6.04 Å². The number of pyridine rings is 1. The van der Waals surface area contributed by atoms with Gasteiger partial charge in [0.25, 0.3) is 0 Å². The number of aromatic nitrogens is 2. The molecule has 0 aliphatic heterocycles. The molecule has 2 heterocycles. The highest BCUT2D eigenvalue weighted by atomic mass is 16.5. The number of rotatable bonds is 8. The molecule has 0 spiro atoms. The minimum absolute atomic E-state index is 0.157. The van der Waals surface area contributed by atoms with Gasteiger partial charge in [-0.1, -0.05) is 13.0 Å². The van der Waals surface area contributed by atoms with Gasteiger partial charge in [0, 0.05) is 38.9 Å². The van der Waals surface area contributed by atoms with Crippen molar-refractivity contribution in [2.45, 2.75) is 32.7 Å². The molecule has 0 amide bonds. The van der Waals surface area contributed by atoms with Crippen molar-refractivity contribution >= 4 is 11.5 Å². The smallest absolute Gasteiger partial charge is 0.151 e. The first-order valence-electron chi connectivity index (χ1n) is 7.67. The van der Waals surface area contributed by atoms with Gasteiger partial charge in [-0.15, -0.1) is 0 Å². The molecule has 2 rings (SSSR count). The maximum Gasteiger partial charge on any atom is 0.151 e. The van der Waals surface area contributed by atoms with E-state index in [1.807, 2.05) is 25.1 Å². The molecule has 21 heavy (non-hydrogen) atoms. The summed E-state index contributed by atoms with van der Waals surface area (Å²) in [5.41, 5.74) is 8.31. The molecule has 0 aliphatic rings. The summed E-state index contributed by atoms with van der Waals surface area (Å²) < 4.78 is 7.58. The third-order valence-corrected chi connectivity index (χ3v) is 3.72. The first-order valence-corrected chi connectivity index (χ1v) is 7.67. The molecule has 0 aromatic carbocycles. The third kappa shape index (κ3) is 3.74. The number of imidazole rings is 1. The number of ether oxygens (including phenoxy) is 1. The fourth-order valence-corrected chi connectivity index (χ4v) is 2.37. The van der Waals surface area contributed by atoms with E-state index < -0.39 is 0 Å². The molecule has 116 valence electrons. The van der Waals surface area contributed by atoms with Crippen molar-refractivity contribution in [2.24, 2.45) is 5.73 Å². The first-order chi connectivity index (χ1) is 10.2. The van der Waals surface area contributed by atoms with Gasteiger partial charge in [-0.3, -0.25) is 0 Å². The minimum atomic E-state index is 0.157. The number of anilines is 1. The van der Waals surface area contributed by atoms with Crippen LogP contribution in [0.4, 0.5) is 5.82 Å².